The van der Waals surface area contributed by atoms with Gasteiger partial charge in [-0.15, -0.1) is 0 Å². The number of hydrogen-bond donors (Lipinski definition) is 3. The summed E-state index contributed by atoms with van der Waals surface area (Å²) < 4.78 is 12.1. The number of nitrogens with zero attached hydrogens (tertiary/aromatic N) is 2. The van der Waals surface area contributed by atoms with Gasteiger partial charge in [0.15, 0.2) is 5.44 Å². The van der Waals surface area contributed by atoms with Crippen LogP contribution in [-0.4, -0.2) is 25.9 Å². The second-order valence-corrected chi connectivity index (χ2v) is 3.82. The Morgan fingerprint density at radius 2 is 2.33 bits per heavy atom. The highest BCUT2D eigenvalue weighted by molar-refractivity contribution is 7.60. The van der Waals surface area contributed by atoms with Gasteiger partial charge in [0.2, 0.25) is 0 Å². The van der Waals surface area contributed by atoms with Crippen molar-refractivity contribution >= 4 is 13.0 Å². The fraction of sp³-hybridized carbons (Fsp3) is 0.400. The predicted octanol–water partition coefficient (Wildman–Crippen LogP) is -1.36. The van der Waals surface area contributed by atoms with Gasteiger partial charge in [0.25, 0.3) is 0 Å². The summed E-state index contributed by atoms with van der Waals surface area (Å²) in [5.74, 6) is 0. The third-order valence-electron chi connectivity index (χ3n) is 1.36. The Balaban J connectivity index is 2.99. The van der Waals surface area contributed by atoms with Crippen LogP contribution in [0.5, 0.6) is 0 Å². The van der Waals surface area contributed by atoms with E-state index in [1.165, 1.54) is 10.9 Å². The lowest BCUT2D eigenvalue weighted by Gasteiger charge is -2.06. The van der Waals surface area contributed by atoms with Crippen LogP contribution in [0.1, 0.15) is 0 Å². The van der Waals surface area contributed by atoms with Crippen molar-refractivity contribution in [3.05, 3.63) is 12.5 Å². The van der Waals surface area contributed by atoms with Gasteiger partial charge in [-0.25, -0.2) is 4.98 Å². The SMILES string of the molecule is NCCn1cncc1P(=O)(O)O. The summed E-state index contributed by atoms with van der Waals surface area (Å²) in [6.45, 7) is 0.684. The van der Waals surface area contributed by atoms with Crippen LogP contribution in [0.25, 0.3) is 0 Å². The van der Waals surface area contributed by atoms with Gasteiger partial charge < -0.3 is 20.1 Å². The maximum atomic E-state index is 10.8. The molecule has 0 saturated heterocycles. The smallest absolute Gasteiger partial charge is 0.329 e. The van der Waals surface area contributed by atoms with E-state index in [9.17, 15) is 4.57 Å². The molecule has 0 aliphatic rings. The van der Waals surface area contributed by atoms with E-state index in [-0.39, 0.29) is 5.44 Å². The molecule has 0 bridgehead atoms. The Kier molecular flexibility index (Phi) is 2.64. The lowest BCUT2D eigenvalue weighted by atomic mass is 10.6. The van der Waals surface area contributed by atoms with E-state index in [0.717, 1.165) is 6.20 Å². The van der Waals surface area contributed by atoms with E-state index in [0.29, 0.717) is 13.1 Å². The van der Waals surface area contributed by atoms with Crippen LogP contribution in [0.4, 0.5) is 0 Å². The molecule has 0 aliphatic heterocycles. The van der Waals surface area contributed by atoms with Crippen LogP contribution in [0.15, 0.2) is 12.5 Å². The van der Waals surface area contributed by atoms with Gasteiger partial charge >= 0.3 is 7.60 Å². The zero-order valence-corrected chi connectivity index (χ0v) is 7.19. The maximum absolute atomic E-state index is 10.8. The highest BCUT2D eigenvalue weighted by atomic mass is 31.2. The molecule has 6 nitrogen and oxygen atoms in total. The highest BCUT2D eigenvalue weighted by Crippen LogP contribution is 2.32. The van der Waals surface area contributed by atoms with Crippen LogP contribution in [-0.2, 0) is 11.1 Å². The minimum atomic E-state index is -4.19. The molecule has 0 aliphatic carbocycles. The second kappa shape index (κ2) is 3.37. The van der Waals surface area contributed by atoms with Crippen molar-refractivity contribution in [2.45, 2.75) is 6.54 Å². The zero-order valence-electron chi connectivity index (χ0n) is 6.29. The van der Waals surface area contributed by atoms with E-state index in [1.54, 1.807) is 0 Å². The monoisotopic (exact) mass is 191 g/mol. The first-order valence-corrected chi connectivity index (χ1v) is 4.93. The van der Waals surface area contributed by atoms with Crippen LogP contribution in [0.3, 0.4) is 0 Å². The molecule has 4 N–H and O–H groups in total. The van der Waals surface area contributed by atoms with Crippen molar-refractivity contribution in [1.82, 2.24) is 9.55 Å². The van der Waals surface area contributed by atoms with Gasteiger partial charge in [-0.05, 0) is 0 Å². The molecule has 0 spiro atoms. The zero-order chi connectivity index (χ0) is 9.19. The van der Waals surface area contributed by atoms with Gasteiger partial charge in [-0.1, -0.05) is 0 Å². The Morgan fingerprint density at radius 1 is 1.67 bits per heavy atom. The summed E-state index contributed by atoms with van der Waals surface area (Å²) in [4.78, 5) is 21.2. The molecule has 0 unspecified atom stereocenters. The largest absolute Gasteiger partial charge is 0.374 e. The first kappa shape index (κ1) is 9.41. The summed E-state index contributed by atoms with van der Waals surface area (Å²) in [5.41, 5.74) is 5.14. The molecule has 0 atom stereocenters. The number of nitrogens with two attached hydrogens (primary N) is 1. The molecule has 0 aromatic carbocycles. The Bertz CT molecular complexity index is 305. The van der Waals surface area contributed by atoms with Gasteiger partial charge in [0, 0.05) is 13.1 Å². The molecule has 7 heteroatoms. The highest BCUT2D eigenvalue weighted by Gasteiger charge is 2.21. The average Bonchev–Trinajstić information content (AvgIpc) is 2.34. The van der Waals surface area contributed by atoms with Crippen LogP contribution in [0.2, 0.25) is 0 Å². The van der Waals surface area contributed by atoms with Gasteiger partial charge in [0.1, 0.15) is 0 Å². The third-order valence-corrected chi connectivity index (χ3v) is 2.33. The fourth-order valence-corrected chi connectivity index (χ4v) is 1.57. The normalized spacial score (nSPS) is 11.9. The second-order valence-electron chi connectivity index (χ2n) is 2.28. The Morgan fingerprint density at radius 3 is 2.83 bits per heavy atom. The molecular formula is C5H10N3O3P. The van der Waals surface area contributed by atoms with Gasteiger partial charge in [-0.2, -0.15) is 0 Å². The van der Waals surface area contributed by atoms with Crippen LogP contribution >= 0.6 is 7.60 Å². The summed E-state index contributed by atoms with van der Waals surface area (Å²) in [6, 6.07) is 0. The van der Waals surface area contributed by atoms with E-state index >= 15 is 0 Å². The first-order chi connectivity index (χ1) is 5.55. The van der Waals surface area contributed by atoms with E-state index in [2.05, 4.69) is 4.98 Å². The Labute approximate surface area is 69.2 Å². The topological polar surface area (TPSA) is 101 Å². The predicted molar refractivity (Wildman–Crippen MR) is 43.0 cm³/mol. The van der Waals surface area contributed by atoms with Crippen molar-refractivity contribution in [2.24, 2.45) is 5.73 Å². The first-order valence-electron chi connectivity index (χ1n) is 3.32. The summed E-state index contributed by atoms with van der Waals surface area (Å²) in [6.07, 6.45) is 2.50. The third kappa shape index (κ3) is 1.92. The quantitative estimate of drug-likeness (QED) is 0.512. The summed E-state index contributed by atoms with van der Waals surface area (Å²) >= 11 is 0. The molecule has 1 aromatic heterocycles. The van der Waals surface area contributed by atoms with Crippen molar-refractivity contribution in [1.29, 1.82) is 0 Å². The lowest BCUT2D eigenvalue weighted by Crippen LogP contribution is -2.20. The molecule has 0 saturated carbocycles. The van der Waals surface area contributed by atoms with Crippen LogP contribution < -0.4 is 11.2 Å². The number of rotatable bonds is 3. The molecule has 68 valence electrons. The molecule has 0 radical (unpaired) electrons. The minimum Gasteiger partial charge on any atom is -0.329 e. The summed E-state index contributed by atoms with van der Waals surface area (Å²) in [5, 5.41) is 0. The molecule has 1 aromatic rings. The molecule has 0 fully saturated rings. The molecular weight excluding hydrogens is 181 g/mol. The lowest BCUT2D eigenvalue weighted by molar-refractivity contribution is 0.384. The minimum absolute atomic E-state index is 0.0899. The maximum Gasteiger partial charge on any atom is 0.374 e. The number of imidazole rings is 1. The Hall–Kier alpha value is -0.680. The molecule has 1 rings (SSSR count). The van der Waals surface area contributed by atoms with E-state index < -0.39 is 7.60 Å². The van der Waals surface area contributed by atoms with Crippen molar-refractivity contribution in [3.63, 3.8) is 0 Å². The van der Waals surface area contributed by atoms with E-state index in [4.69, 9.17) is 15.5 Å². The van der Waals surface area contributed by atoms with Gasteiger partial charge in [0.05, 0.1) is 12.5 Å². The average molecular weight is 191 g/mol. The van der Waals surface area contributed by atoms with Crippen molar-refractivity contribution in [3.8, 4) is 0 Å². The fourth-order valence-electron chi connectivity index (χ4n) is 0.868. The molecule has 12 heavy (non-hydrogen) atoms. The molecule has 1 heterocycles. The molecule has 0 amide bonds. The van der Waals surface area contributed by atoms with Gasteiger partial charge in [-0.3, -0.25) is 4.57 Å². The number of hydrogen-bond acceptors (Lipinski definition) is 3. The van der Waals surface area contributed by atoms with Crippen LogP contribution in [0, 0.1) is 0 Å². The van der Waals surface area contributed by atoms with Crippen molar-refractivity contribution in [2.75, 3.05) is 6.54 Å². The number of aromatic nitrogens is 2. The standard InChI is InChI=1S/C5H10N3O3P/c6-1-2-8-4-7-3-5(8)12(9,10)11/h3-4H,1-2,6H2,(H2,9,10,11). The van der Waals surface area contributed by atoms with E-state index in [1.807, 2.05) is 0 Å². The van der Waals surface area contributed by atoms with Crippen molar-refractivity contribution < 1.29 is 14.4 Å². The summed E-state index contributed by atoms with van der Waals surface area (Å²) in [7, 11) is -4.19.